The molecule has 1 heterocycles. The number of amides is 3. The van der Waals surface area contributed by atoms with Gasteiger partial charge in [0.15, 0.2) is 0 Å². The van der Waals surface area contributed by atoms with Gasteiger partial charge in [-0.3, -0.25) is 14.4 Å². The van der Waals surface area contributed by atoms with Gasteiger partial charge in [-0.25, -0.2) is 4.39 Å². The second-order valence-electron chi connectivity index (χ2n) is 9.86. The number of hydrogen-bond donors (Lipinski definition) is 1. The van der Waals surface area contributed by atoms with Gasteiger partial charge in [0.1, 0.15) is 5.82 Å². The number of carbonyl (C=O) groups excluding carboxylic acids is 3. The number of halogens is 1. The average molecular weight is 545 g/mol. The van der Waals surface area contributed by atoms with Crippen molar-refractivity contribution in [2.75, 3.05) is 49.5 Å². The number of nitrogens with zero attached hydrogens (tertiary/aromatic N) is 3. The Labute approximate surface area is 235 Å². The molecule has 0 saturated carbocycles. The number of nitrogens with one attached hydrogen (secondary N) is 1. The SMILES string of the molecule is CC[C@H](C(=O)N1CCN(c2ccc(NC(=O)c3cccc(F)c3)cc2C(=O)N(CC)CC)CC1)c1ccccc1. The Morgan fingerprint density at radius 2 is 1.57 bits per heavy atom. The van der Waals surface area contributed by atoms with E-state index in [9.17, 15) is 18.8 Å². The Bertz CT molecular complexity index is 1330. The number of hydrogen-bond acceptors (Lipinski definition) is 4. The second kappa shape index (κ2) is 13.2. The van der Waals surface area contributed by atoms with Gasteiger partial charge in [0, 0.05) is 56.2 Å². The number of benzene rings is 3. The summed E-state index contributed by atoms with van der Waals surface area (Å²) in [4.78, 5) is 45.5. The third-order valence-electron chi connectivity index (χ3n) is 7.46. The lowest BCUT2D eigenvalue weighted by atomic mass is 9.94. The van der Waals surface area contributed by atoms with Crippen LogP contribution in [0.1, 0.15) is 59.4 Å². The van der Waals surface area contributed by atoms with E-state index in [1.807, 2.05) is 62.1 Å². The van der Waals surface area contributed by atoms with Gasteiger partial charge in [-0.1, -0.05) is 43.3 Å². The van der Waals surface area contributed by atoms with E-state index in [-0.39, 0.29) is 23.3 Å². The maximum absolute atomic E-state index is 13.6. The summed E-state index contributed by atoms with van der Waals surface area (Å²) in [5.74, 6) is -1.12. The Hall–Kier alpha value is -4.20. The summed E-state index contributed by atoms with van der Waals surface area (Å²) < 4.78 is 13.6. The first-order valence-electron chi connectivity index (χ1n) is 13.9. The van der Waals surface area contributed by atoms with E-state index in [1.54, 1.807) is 17.0 Å². The molecule has 1 aliphatic rings. The first kappa shape index (κ1) is 28.8. The predicted molar refractivity (Wildman–Crippen MR) is 156 cm³/mol. The summed E-state index contributed by atoms with van der Waals surface area (Å²) in [5.41, 5.74) is 2.93. The molecule has 7 nitrogen and oxygen atoms in total. The molecule has 0 aliphatic carbocycles. The molecule has 3 aromatic carbocycles. The molecule has 8 heteroatoms. The Balaban J connectivity index is 1.54. The van der Waals surface area contributed by atoms with Crippen LogP contribution in [0.4, 0.5) is 15.8 Å². The van der Waals surface area contributed by atoms with Gasteiger partial charge in [-0.05, 0) is 62.2 Å². The molecule has 40 heavy (non-hydrogen) atoms. The van der Waals surface area contributed by atoms with Crippen molar-refractivity contribution < 1.29 is 18.8 Å². The first-order chi connectivity index (χ1) is 19.4. The monoisotopic (exact) mass is 544 g/mol. The van der Waals surface area contributed by atoms with Crippen molar-refractivity contribution in [1.82, 2.24) is 9.80 Å². The number of rotatable bonds is 9. The topological polar surface area (TPSA) is 73.0 Å². The van der Waals surface area contributed by atoms with Crippen molar-refractivity contribution in [2.45, 2.75) is 33.1 Å². The molecule has 1 N–H and O–H groups in total. The fourth-order valence-corrected chi connectivity index (χ4v) is 5.20. The lowest BCUT2D eigenvalue weighted by molar-refractivity contribution is -0.133. The fourth-order valence-electron chi connectivity index (χ4n) is 5.20. The van der Waals surface area contributed by atoms with Crippen molar-refractivity contribution in [3.8, 4) is 0 Å². The summed E-state index contributed by atoms with van der Waals surface area (Å²) in [7, 11) is 0. The fraction of sp³-hybridized carbons (Fsp3) is 0.344. The normalized spacial score (nSPS) is 14.0. The molecule has 0 bridgehead atoms. The van der Waals surface area contributed by atoms with Crippen molar-refractivity contribution in [3.05, 3.63) is 95.3 Å². The minimum absolute atomic E-state index is 0.128. The molecule has 4 rings (SSSR count). The predicted octanol–water partition coefficient (Wildman–Crippen LogP) is 5.40. The van der Waals surface area contributed by atoms with Crippen LogP contribution in [0.25, 0.3) is 0 Å². The average Bonchev–Trinajstić information content (AvgIpc) is 2.98. The molecule has 1 atom stereocenters. The van der Waals surface area contributed by atoms with Crippen LogP contribution in [0.2, 0.25) is 0 Å². The van der Waals surface area contributed by atoms with Gasteiger partial charge in [0.2, 0.25) is 5.91 Å². The van der Waals surface area contributed by atoms with Crippen molar-refractivity contribution in [1.29, 1.82) is 0 Å². The summed E-state index contributed by atoms with van der Waals surface area (Å²) in [5, 5.41) is 2.79. The summed E-state index contributed by atoms with van der Waals surface area (Å²) in [6, 6.07) is 20.6. The third-order valence-corrected chi connectivity index (χ3v) is 7.46. The highest BCUT2D eigenvalue weighted by molar-refractivity contribution is 6.06. The maximum Gasteiger partial charge on any atom is 0.256 e. The molecule has 210 valence electrons. The van der Waals surface area contributed by atoms with E-state index in [0.29, 0.717) is 50.5 Å². The Morgan fingerprint density at radius 1 is 0.875 bits per heavy atom. The van der Waals surface area contributed by atoms with Gasteiger partial charge in [0.05, 0.1) is 11.5 Å². The zero-order chi connectivity index (χ0) is 28.6. The standard InChI is InChI=1S/C32H37FN4O3/c1-4-27(23-11-8-7-9-12-23)31(39)37-19-17-36(18-20-37)29-16-15-26(22-28(29)32(40)35(5-2)6-3)34-30(38)24-13-10-14-25(33)21-24/h7-16,21-22,27H,4-6,17-20H2,1-3H3,(H,34,38)/t27-/m0/s1. The molecule has 0 aromatic heterocycles. The third kappa shape index (κ3) is 6.50. The molecule has 3 amide bonds. The molecule has 0 unspecified atom stereocenters. The van der Waals surface area contributed by atoms with Gasteiger partial charge >= 0.3 is 0 Å². The highest BCUT2D eigenvalue weighted by atomic mass is 19.1. The molecular weight excluding hydrogens is 507 g/mol. The lowest BCUT2D eigenvalue weighted by Gasteiger charge is -2.38. The van der Waals surface area contributed by atoms with Crippen LogP contribution in [0.5, 0.6) is 0 Å². The highest BCUT2D eigenvalue weighted by Gasteiger charge is 2.29. The van der Waals surface area contributed by atoms with E-state index in [1.165, 1.54) is 24.3 Å². The van der Waals surface area contributed by atoms with Crippen LogP contribution in [-0.2, 0) is 4.79 Å². The van der Waals surface area contributed by atoms with E-state index in [2.05, 4.69) is 10.2 Å². The molecule has 1 saturated heterocycles. The smallest absolute Gasteiger partial charge is 0.256 e. The minimum atomic E-state index is -0.493. The number of piperazine rings is 1. The maximum atomic E-state index is 13.6. The van der Waals surface area contributed by atoms with Gasteiger partial charge < -0.3 is 20.0 Å². The van der Waals surface area contributed by atoms with Gasteiger partial charge in [0.25, 0.3) is 11.8 Å². The minimum Gasteiger partial charge on any atom is -0.367 e. The molecule has 0 spiro atoms. The van der Waals surface area contributed by atoms with Crippen molar-refractivity contribution in [2.24, 2.45) is 0 Å². The van der Waals surface area contributed by atoms with Gasteiger partial charge in [-0.2, -0.15) is 0 Å². The quantitative estimate of drug-likeness (QED) is 0.391. The molecule has 1 fully saturated rings. The van der Waals surface area contributed by atoms with E-state index in [0.717, 1.165) is 17.7 Å². The molecule has 3 aromatic rings. The molecular formula is C32H37FN4O3. The van der Waals surface area contributed by atoms with Crippen LogP contribution < -0.4 is 10.2 Å². The first-order valence-corrected chi connectivity index (χ1v) is 13.9. The Morgan fingerprint density at radius 3 is 2.20 bits per heavy atom. The largest absolute Gasteiger partial charge is 0.367 e. The van der Waals surface area contributed by atoms with Crippen LogP contribution in [0.3, 0.4) is 0 Å². The van der Waals surface area contributed by atoms with Crippen LogP contribution in [0.15, 0.2) is 72.8 Å². The zero-order valence-electron chi connectivity index (χ0n) is 23.4. The van der Waals surface area contributed by atoms with Crippen molar-refractivity contribution >= 4 is 29.1 Å². The summed E-state index contributed by atoms with van der Waals surface area (Å²) in [6.45, 7) is 9.28. The second-order valence-corrected chi connectivity index (χ2v) is 9.86. The van der Waals surface area contributed by atoms with Crippen molar-refractivity contribution in [3.63, 3.8) is 0 Å². The van der Waals surface area contributed by atoms with E-state index >= 15 is 0 Å². The van der Waals surface area contributed by atoms with E-state index < -0.39 is 11.7 Å². The molecule has 0 radical (unpaired) electrons. The van der Waals surface area contributed by atoms with Crippen LogP contribution >= 0.6 is 0 Å². The van der Waals surface area contributed by atoms with Gasteiger partial charge in [-0.15, -0.1) is 0 Å². The van der Waals surface area contributed by atoms with E-state index in [4.69, 9.17) is 0 Å². The number of anilines is 2. The Kier molecular flexibility index (Phi) is 9.53. The summed E-state index contributed by atoms with van der Waals surface area (Å²) in [6.07, 6.45) is 0.731. The highest BCUT2D eigenvalue weighted by Crippen LogP contribution is 2.29. The van der Waals surface area contributed by atoms with Crippen LogP contribution in [-0.4, -0.2) is 66.8 Å². The zero-order valence-corrected chi connectivity index (χ0v) is 23.4. The number of carbonyl (C=O) groups is 3. The van der Waals surface area contributed by atoms with Crippen LogP contribution in [0, 0.1) is 5.82 Å². The summed E-state index contributed by atoms with van der Waals surface area (Å²) >= 11 is 0. The molecule has 1 aliphatic heterocycles. The lowest BCUT2D eigenvalue weighted by Crippen LogP contribution is -2.50.